The van der Waals surface area contributed by atoms with Crippen molar-refractivity contribution in [3.8, 4) is 0 Å². The van der Waals surface area contributed by atoms with Crippen LogP contribution in [-0.4, -0.2) is 21.7 Å². The number of para-hydroxylation sites is 1. The quantitative estimate of drug-likeness (QED) is 0.873. The van der Waals surface area contributed by atoms with E-state index in [1.807, 2.05) is 35.7 Å². The van der Waals surface area contributed by atoms with Gasteiger partial charge in [0.1, 0.15) is 0 Å². The Labute approximate surface area is 131 Å². The van der Waals surface area contributed by atoms with Crippen LogP contribution in [0.2, 0.25) is 0 Å². The van der Waals surface area contributed by atoms with Crippen molar-refractivity contribution >= 4 is 11.6 Å². The molecule has 1 unspecified atom stereocenters. The number of benzene rings is 1. The molecule has 0 spiro atoms. The minimum absolute atomic E-state index is 0.208. The molecule has 0 saturated heterocycles. The topological polar surface area (TPSA) is 38.1 Å². The number of carbonyl (C=O) groups excluding carboxylic acids is 1. The van der Waals surface area contributed by atoms with Gasteiger partial charge in [-0.25, -0.2) is 0 Å². The number of nitrogens with zero attached hydrogens (tertiary/aromatic N) is 3. The van der Waals surface area contributed by atoms with Gasteiger partial charge in [-0.3, -0.25) is 9.48 Å². The van der Waals surface area contributed by atoms with Crippen molar-refractivity contribution in [2.24, 2.45) is 7.05 Å². The molecule has 4 nitrogen and oxygen atoms in total. The second-order valence-corrected chi connectivity index (χ2v) is 6.22. The average molecular weight is 297 g/mol. The Morgan fingerprint density at radius 2 is 2.05 bits per heavy atom. The summed E-state index contributed by atoms with van der Waals surface area (Å²) >= 11 is 0. The lowest BCUT2D eigenvalue weighted by molar-refractivity contribution is -0.118. The van der Waals surface area contributed by atoms with Crippen LogP contribution in [0.5, 0.6) is 0 Å². The molecule has 0 fully saturated rings. The highest BCUT2D eigenvalue weighted by Gasteiger charge is 2.30. The van der Waals surface area contributed by atoms with Crippen molar-refractivity contribution in [3.05, 3.63) is 46.8 Å². The second-order valence-electron chi connectivity index (χ2n) is 6.22. The molecule has 1 aromatic heterocycles. The normalized spacial score (nSPS) is 16.9. The van der Waals surface area contributed by atoms with Crippen LogP contribution >= 0.6 is 0 Å². The van der Waals surface area contributed by atoms with Gasteiger partial charge in [0.25, 0.3) is 0 Å². The van der Waals surface area contributed by atoms with Crippen molar-refractivity contribution in [3.63, 3.8) is 0 Å². The molecule has 0 N–H and O–H groups in total. The monoisotopic (exact) mass is 297 g/mol. The fourth-order valence-corrected chi connectivity index (χ4v) is 3.48. The lowest BCUT2D eigenvalue weighted by Crippen LogP contribution is -2.35. The molecule has 1 aliphatic rings. The highest BCUT2D eigenvalue weighted by molar-refractivity contribution is 5.96. The van der Waals surface area contributed by atoms with Gasteiger partial charge >= 0.3 is 0 Å². The molecule has 0 saturated carbocycles. The maximum absolute atomic E-state index is 12.7. The van der Waals surface area contributed by atoms with Gasteiger partial charge in [-0.2, -0.15) is 5.10 Å². The Bertz CT molecular complexity index is 717. The van der Waals surface area contributed by atoms with Gasteiger partial charge in [0.2, 0.25) is 5.91 Å². The summed E-state index contributed by atoms with van der Waals surface area (Å²) in [5, 5.41) is 4.43. The zero-order valence-electron chi connectivity index (χ0n) is 13.8. The minimum atomic E-state index is 0.208. The van der Waals surface area contributed by atoms with E-state index in [4.69, 9.17) is 0 Å². The summed E-state index contributed by atoms with van der Waals surface area (Å²) < 4.78 is 1.89. The second kappa shape index (κ2) is 5.59. The van der Waals surface area contributed by atoms with E-state index >= 15 is 0 Å². The summed E-state index contributed by atoms with van der Waals surface area (Å²) in [6.45, 7) is 6.20. The third kappa shape index (κ3) is 2.43. The fourth-order valence-electron chi connectivity index (χ4n) is 3.48. The summed E-state index contributed by atoms with van der Waals surface area (Å²) in [5.74, 6) is 0.208. The van der Waals surface area contributed by atoms with Crippen molar-refractivity contribution < 1.29 is 4.79 Å². The molecule has 1 aromatic carbocycles. The van der Waals surface area contributed by atoms with E-state index in [-0.39, 0.29) is 11.9 Å². The van der Waals surface area contributed by atoms with E-state index < -0.39 is 0 Å². The number of aryl methyl sites for hydroxylation is 2. The largest absolute Gasteiger partial charge is 0.309 e. The first kappa shape index (κ1) is 14.8. The molecule has 0 bridgehead atoms. The molecule has 1 atom stereocenters. The zero-order chi connectivity index (χ0) is 15.9. The number of hydrogen-bond acceptors (Lipinski definition) is 2. The SMILES string of the molecule is Cc1nn(C)c(C)c1CCC(=O)N1c2ccccc2CC1C. The molecule has 1 amide bonds. The van der Waals surface area contributed by atoms with E-state index in [0.29, 0.717) is 6.42 Å². The molecule has 0 aliphatic carbocycles. The molecule has 22 heavy (non-hydrogen) atoms. The number of aromatic nitrogens is 2. The Morgan fingerprint density at radius 1 is 1.32 bits per heavy atom. The van der Waals surface area contributed by atoms with Crippen LogP contribution in [0.25, 0.3) is 0 Å². The maximum atomic E-state index is 12.7. The van der Waals surface area contributed by atoms with Gasteiger partial charge in [0.05, 0.1) is 5.69 Å². The Hall–Kier alpha value is -2.10. The lowest BCUT2D eigenvalue weighted by Gasteiger charge is -2.22. The zero-order valence-corrected chi connectivity index (χ0v) is 13.8. The molecule has 3 rings (SSSR count). The van der Waals surface area contributed by atoms with Crippen molar-refractivity contribution in [1.82, 2.24) is 9.78 Å². The third-order valence-corrected chi connectivity index (χ3v) is 4.72. The smallest absolute Gasteiger partial charge is 0.227 e. The van der Waals surface area contributed by atoms with Gasteiger partial charge in [-0.05, 0) is 50.8 Å². The number of carbonyl (C=O) groups is 1. The average Bonchev–Trinajstić information content (AvgIpc) is 2.93. The molecular formula is C18H23N3O. The third-order valence-electron chi connectivity index (χ3n) is 4.72. The van der Waals surface area contributed by atoms with Crippen molar-refractivity contribution in [1.29, 1.82) is 0 Å². The first-order valence-electron chi connectivity index (χ1n) is 7.88. The van der Waals surface area contributed by atoms with Gasteiger partial charge in [0.15, 0.2) is 0 Å². The fraction of sp³-hybridized carbons (Fsp3) is 0.444. The molecule has 0 radical (unpaired) electrons. The lowest BCUT2D eigenvalue weighted by atomic mass is 10.1. The van der Waals surface area contributed by atoms with Gasteiger partial charge in [-0.15, -0.1) is 0 Å². The van der Waals surface area contributed by atoms with E-state index in [1.54, 1.807) is 0 Å². The predicted molar refractivity (Wildman–Crippen MR) is 88.1 cm³/mol. The summed E-state index contributed by atoms with van der Waals surface area (Å²) in [5.41, 5.74) is 5.75. The number of amides is 1. The number of anilines is 1. The molecular weight excluding hydrogens is 274 g/mol. The highest BCUT2D eigenvalue weighted by Crippen LogP contribution is 2.32. The van der Waals surface area contributed by atoms with E-state index in [1.165, 1.54) is 11.1 Å². The minimum Gasteiger partial charge on any atom is -0.309 e. The summed E-state index contributed by atoms with van der Waals surface area (Å²) in [6.07, 6.45) is 2.24. The molecule has 2 aromatic rings. The Balaban J connectivity index is 1.75. The van der Waals surface area contributed by atoms with E-state index in [0.717, 1.165) is 29.9 Å². The summed E-state index contributed by atoms with van der Waals surface area (Å²) in [4.78, 5) is 14.7. The summed E-state index contributed by atoms with van der Waals surface area (Å²) in [6, 6.07) is 8.47. The molecule has 116 valence electrons. The van der Waals surface area contributed by atoms with Crippen LogP contribution in [0, 0.1) is 13.8 Å². The standard InChI is InChI=1S/C18H23N3O/c1-12-11-15-7-5-6-8-17(15)21(12)18(22)10-9-16-13(2)19-20(4)14(16)3/h5-8,12H,9-11H2,1-4H3. The number of fused-ring (bicyclic) bond motifs is 1. The van der Waals surface area contributed by atoms with E-state index in [9.17, 15) is 4.79 Å². The first-order chi connectivity index (χ1) is 10.5. The van der Waals surface area contributed by atoms with Crippen molar-refractivity contribution in [2.45, 2.75) is 46.1 Å². The van der Waals surface area contributed by atoms with Gasteiger partial charge < -0.3 is 4.90 Å². The van der Waals surface area contributed by atoms with Gasteiger partial charge in [0, 0.05) is 30.9 Å². The van der Waals surface area contributed by atoms with Crippen LogP contribution < -0.4 is 4.90 Å². The van der Waals surface area contributed by atoms with Crippen LogP contribution in [0.1, 0.15) is 35.9 Å². The van der Waals surface area contributed by atoms with Crippen LogP contribution in [0.4, 0.5) is 5.69 Å². The molecule has 2 heterocycles. The van der Waals surface area contributed by atoms with Crippen molar-refractivity contribution in [2.75, 3.05) is 4.90 Å². The maximum Gasteiger partial charge on any atom is 0.227 e. The Morgan fingerprint density at radius 3 is 2.73 bits per heavy atom. The molecule has 1 aliphatic heterocycles. The highest BCUT2D eigenvalue weighted by atomic mass is 16.2. The first-order valence-corrected chi connectivity index (χ1v) is 7.88. The number of hydrogen-bond donors (Lipinski definition) is 0. The van der Waals surface area contributed by atoms with Crippen LogP contribution in [0.3, 0.4) is 0 Å². The van der Waals surface area contributed by atoms with Crippen LogP contribution in [0.15, 0.2) is 24.3 Å². The number of rotatable bonds is 3. The molecule has 4 heteroatoms. The van der Waals surface area contributed by atoms with Gasteiger partial charge in [-0.1, -0.05) is 18.2 Å². The summed E-state index contributed by atoms with van der Waals surface area (Å²) in [7, 11) is 1.95. The van der Waals surface area contributed by atoms with E-state index in [2.05, 4.69) is 31.1 Å². The predicted octanol–water partition coefficient (Wildman–Crippen LogP) is 2.95. The Kier molecular flexibility index (Phi) is 3.77. The van der Waals surface area contributed by atoms with Crippen LogP contribution in [-0.2, 0) is 24.7 Å².